The van der Waals surface area contributed by atoms with Crippen LogP contribution in [-0.4, -0.2) is 47.6 Å². The minimum absolute atomic E-state index is 0.0340. The quantitative estimate of drug-likeness (QED) is 0.400. The number of piperidine rings is 1. The predicted molar refractivity (Wildman–Crippen MR) is 137 cm³/mol. The van der Waals surface area contributed by atoms with Gasteiger partial charge in [0.1, 0.15) is 12.2 Å². The van der Waals surface area contributed by atoms with Crippen molar-refractivity contribution in [3.05, 3.63) is 70.8 Å². The number of halogens is 3. The van der Waals surface area contributed by atoms with Gasteiger partial charge in [0.15, 0.2) is 0 Å². The summed E-state index contributed by atoms with van der Waals surface area (Å²) in [7, 11) is 0. The highest BCUT2D eigenvalue weighted by molar-refractivity contribution is 6.07. The topological polar surface area (TPSA) is 123 Å². The normalized spacial score (nSPS) is 15.0. The predicted octanol–water partition coefficient (Wildman–Crippen LogP) is 5.20. The fourth-order valence-electron chi connectivity index (χ4n) is 4.08. The van der Waals surface area contributed by atoms with Crippen molar-refractivity contribution in [2.24, 2.45) is 10.7 Å². The number of nitrogens with zero attached hydrogens (tertiary/aromatic N) is 2. The van der Waals surface area contributed by atoms with E-state index in [1.54, 1.807) is 20.8 Å². The van der Waals surface area contributed by atoms with Crippen LogP contribution in [0.25, 0.3) is 0 Å². The van der Waals surface area contributed by atoms with Gasteiger partial charge in [-0.2, -0.15) is 13.2 Å². The van der Waals surface area contributed by atoms with E-state index in [1.165, 1.54) is 17.0 Å². The van der Waals surface area contributed by atoms with Gasteiger partial charge in [0.05, 0.1) is 5.56 Å². The molecule has 0 atom stereocenters. The van der Waals surface area contributed by atoms with E-state index in [1.807, 2.05) is 30.3 Å². The minimum Gasteiger partial charge on any atom is -0.445 e. The number of rotatable bonds is 4. The average molecular weight is 549 g/mol. The molecule has 39 heavy (non-hydrogen) atoms. The summed E-state index contributed by atoms with van der Waals surface area (Å²) in [5.74, 6) is -2.05. The Balaban J connectivity index is 1.66. The molecular weight excluding hydrogens is 517 g/mol. The highest BCUT2D eigenvalue weighted by atomic mass is 19.4. The number of amides is 3. The third-order valence-electron chi connectivity index (χ3n) is 5.87. The second-order valence-electron chi connectivity index (χ2n) is 10.0. The summed E-state index contributed by atoms with van der Waals surface area (Å²) >= 11 is 0. The summed E-state index contributed by atoms with van der Waals surface area (Å²) in [4.78, 5) is 41.5. The summed E-state index contributed by atoms with van der Waals surface area (Å²) in [6.45, 7) is 5.39. The molecule has 3 rings (SSSR count). The molecule has 210 valence electrons. The summed E-state index contributed by atoms with van der Waals surface area (Å²) in [5, 5.41) is 2.10. The fraction of sp³-hybridized carbons (Fsp3) is 0.407. The number of aliphatic imine (C=N–C) groups is 1. The molecule has 3 amide bonds. The lowest BCUT2D eigenvalue weighted by Crippen LogP contribution is -2.39. The monoisotopic (exact) mass is 548 g/mol. The van der Waals surface area contributed by atoms with Gasteiger partial charge in [-0.1, -0.05) is 36.4 Å². The standard InChI is InChI=1S/C27H31F3N4O5/c1-26(2,3)39-24(36)33-23(31)32-22(35)19-9-10-20(21(15-19)27(28,29)30)18-11-13-34(14-12-18)25(37)38-16-17-7-5-4-6-8-17/h4-10,15,18H,11-14,16H2,1-3H3,(H3,31,32,33,35,36). The number of alkyl halides is 3. The van der Waals surface area contributed by atoms with Crippen LogP contribution in [0.2, 0.25) is 0 Å². The highest BCUT2D eigenvalue weighted by Gasteiger charge is 2.37. The zero-order valence-electron chi connectivity index (χ0n) is 21.9. The molecule has 12 heteroatoms. The van der Waals surface area contributed by atoms with Crippen molar-refractivity contribution in [2.45, 2.75) is 57.9 Å². The van der Waals surface area contributed by atoms with Crippen molar-refractivity contribution >= 4 is 24.1 Å². The number of hydrogen-bond acceptors (Lipinski definition) is 5. The molecule has 9 nitrogen and oxygen atoms in total. The fourth-order valence-corrected chi connectivity index (χ4v) is 4.08. The number of ether oxygens (including phenoxy) is 2. The van der Waals surface area contributed by atoms with Crippen LogP contribution in [0.15, 0.2) is 53.5 Å². The lowest BCUT2D eigenvalue weighted by molar-refractivity contribution is -0.138. The maximum atomic E-state index is 14.0. The molecule has 0 bridgehead atoms. The smallest absolute Gasteiger partial charge is 0.437 e. The molecule has 3 N–H and O–H groups in total. The molecule has 2 aromatic carbocycles. The molecule has 0 spiro atoms. The van der Waals surface area contributed by atoms with Crippen LogP contribution in [0.4, 0.5) is 22.8 Å². The lowest BCUT2D eigenvalue weighted by atomic mass is 9.85. The summed E-state index contributed by atoms with van der Waals surface area (Å²) in [5.41, 5.74) is 4.30. The number of hydrogen-bond donors (Lipinski definition) is 2. The van der Waals surface area contributed by atoms with Gasteiger partial charge in [-0.3, -0.25) is 10.1 Å². The summed E-state index contributed by atoms with van der Waals surface area (Å²) < 4.78 is 52.2. The summed E-state index contributed by atoms with van der Waals surface area (Å²) in [6.07, 6.45) is -5.71. The van der Waals surface area contributed by atoms with Gasteiger partial charge in [0, 0.05) is 18.7 Å². The molecule has 0 saturated carbocycles. The number of nitrogens with one attached hydrogen (secondary N) is 1. The molecular formula is C27H31F3N4O5. The Kier molecular flexibility index (Phi) is 9.20. The number of carbonyl (C=O) groups is 3. The zero-order valence-corrected chi connectivity index (χ0v) is 21.9. The van der Waals surface area contributed by atoms with Gasteiger partial charge in [-0.15, -0.1) is 4.99 Å². The molecule has 1 fully saturated rings. The molecule has 0 unspecified atom stereocenters. The second kappa shape index (κ2) is 12.2. The van der Waals surface area contributed by atoms with E-state index in [9.17, 15) is 27.6 Å². The first-order valence-electron chi connectivity index (χ1n) is 12.3. The minimum atomic E-state index is -4.73. The van der Waals surface area contributed by atoms with Crippen LogP contribution in [0.3, 0.4) is 0 Å². The molecule has 1 heterocycles. The third kappa shape index (κ3) is 8.72. The van der Waals surface area contributed by atoms with Crippen LogP contribution < -0.4 is 11.1 Å². The Morgan fingerprint density at radius 3 is 2.28 bits per heavy atom. The van der Waals surface area contributed by atoms with Gasteiger partial charge < -0.3 is 20.1 Å². The SMILES string of the molecule is CC(C)(C)OC(=O)/N=C(/N)NC(=O)c1ccc(C2CCN(C(=O)OCc3ccccc3)CC2)c(C(F)(F)F)c1. The van der Waals surface area contributed by atoms with E-state index in [-0.39, 0.29) is 30.8 Å². The molecule has 0 aromatic heterocycles. The number of carbonyl (C=O) groups excluding carboxylic acids is 3. The molecule has 1 aliphatic rings. The number of guanidine groups is 1. The van der Waals surface area contributed by atoms with Gasteiger partial charge in [-0.05, 0) is 62.8 Å². The third-order valence-corrected chi connectivity index (χ3v) is 5.87. The van der Waals surface area contributed by atoms with Crippen molar-refractivity contribution in [3.63, 3.8) is 0 Å². The number of likely N-dealkylation sites (tertiary alicyclic amines) is 1. The first kappa shape index (κ1) is 29.5. The van der Waals surface area contributed by atoms with Gasteiger partial charge in [0.25, 0.3) is 5.91 Å². The maximum absolute atomic E-state index is 14.0. The van der Waals surface area contributed by atoms with Crippen molar-refractivity contribution in [1.29, 1.82) is 0 Å². The van der Waals surface area contributed by atoms with Crippen molar-refractivity contribution in [1.82, 2.24) is 10.2 Å². The van der Waals surface area contributed by atoms with Gasteiger partial charge in [0.2, 0.25) is 5.96 Å². The Morgan fingerprint density at radius 1 is 1.05 bits per heavy atom. The Bertz CT molecular complexity index is 1220. The van der Waals surface area contributed by atoms with E-state index < -0.39 is 47.3 Å². The first-order valence-corrected chi connectivity index (χ1v) is 12.3. The zero-order chi connectivity index (χ0) is 28.8. The molecule has 1 saturated heterocycles. The molecule has 0 radical (unpaired) electrons. The highest BCUT2D eigenvalue weighted by Crippen LogP contribution is 2.39. The average Bonchev–Trinajstić information content (AvgIpc) is 2.85. The molecule has 2 aromatic rings. The Morgan fingerprint density at radius 2 is 1.69 bits per heavy atom. The second-order valence-corrected chi connectivity index (χ2v) is 10.0. The van der Waals surface area contributed by atoms with Crippen molar-refractivity contribution < 1.29 is 37.0 Å². The lowest BCUT2D eigenvalue weighted by Gasteiger charge is -2.32. The van der Waals surface area contributed by atoms with Crippen LogP contribution in [-0.2, 0) is 22.3 Å². The van der Waals surface area contributed by atoms with E-state index in [0.29, 0.717) is 12.8 Å². The van der Waals surface area contributed by atoms with E-state index >= 15 is 0 Å². The molecule has 0 aliphatic carbocycles. The van der Waals surface area contributed by atoms with Crippen LogP contribution in [0, 0.1) is 0 Å². The molecule has 1 aliphatic heterocycles. The van der Waals surface area contributed by atoms with Crippen LogP contribution in [0.1, 0.15) is 66.6 Å². The Hall–Kier alpha value is -4.09. The Labute approximate surface area is 224 Å². The van der Waals surface area contributed by atoms with Gasteiger partial charge in [-0.25, -0.2) is 9.59 Å². The van der Waals surface area contributed by atoms with E-state index in [0.717, 1.165) is 11.6 Å². The van der Waals surface area contributed by atoms with Crippen molar-refractivity contribution in [2.75, 3.05) is 13.1 Å². The van der Waals surface area contributed by atoms with Gasteiger partial charge >= 0.3 is 18.4 Å². The first-order chi connectivity index (χ1) is 18.2. The number of nitrogens with two attached hydrogens (primary N) is 1. The van der Waals surface area contributed by atoms with Crippen LogP contribution >= 0.6 is 0 Å². The van der Waals surface area contributed by atoms with Crippen molar-refractivity contribution in [3.8, 4) is 0 Å². The van der Waals surface area contributed by atoms with E-state index in [4.69, 9.17) is 15.2 Å². The maximum Gasteiger partial charge on any atom is 0.437 e. The largest absolute Gasteiger partial charge is 0.445 e. The summed E-state index contributed by atoms with van der Waals surface area (Å²) in [6, 6.07) is 12.4. The van der Waals surface area contributed by atoms with Crippen LogP contribution in [0.5, 0.6) is 0 Å². The van der Waals surface area contributed by atoms with E-state index in [2.05, 4.69) is 10.3 Å². The number of benzene rings is 2.